The van der Waals surface area contributed by atoms with Gasteiger partial charge in [0.25, 0.3) is 5.91 Å². The molecule has 0 saturated carbocycles. The summed E-state index contributed by atoms with van der Waals surface area (Å²) in [6.45, 7) is 3.66. The average Bonchev–Trinajstić information content (AvgIpc) is 2.77. The summed E-state index contributed by atoms with van der Waals surface area (Å²) in [5, 5.41) is 4.22. The number of rotatable bonds is 8. The van der Waals surface area contributed by atoms with Gasteiger partial charge in [0, 0.05) is 17.3 Å². The lowest BCUT2D eigenvalue weighted by Gasteiger charge is -2.47. The molecule has 5 heteroatoms. The predicted molar refractivity (Wildman–Crippen MR) is 122 cm³/mol. The third-order valence-corrected chi connectivity index (χ3v) is 6.23. The van der Waals surface area contributed by atoms with E-state index in [1.54, 1.807) is 17.7 Å². The molecule has 1 N–H and O–H groups in total. The second-order valence-corrected chi connectivity index (χ2v) is 8.55. The standard InChI is InChI=1S/C25H29ClN2O2/c1-18-7-5-6-10-22(18)28-23(17-27-16-15-19-8-3-2-4-9-19)24(25(28)29)30-21-13-11-20(26)12-14-21/h5-8,10-14,23-24,27H,2-4,9,15-17H2,1H3/t23-,24+/m0/s1. The fourth-order valence-electron chi connectivity index (χ4n) is 4.27. The molecule has 1 aliphatic carbocycles. The number of aryl methyl sites for hydroxylation is 1. The summed E-state index contributed by atoms with van der Waals surface area (Å²) in [6.07, 6.45) is 8.04. The Balaban J connectivity index is 1.43. The molecule has 0 bridgehead atoms. The maximum absolute atomic E-state index is 13.0. The third kappa shape index (κ3) is 4.71. The number of anilines is 1. The molecule has 2 aliphatic rings. The number of benzene rings is 2. The Hall–Kier alpha value is -2.30. The van der Waals surface area contributed by atoms with Crippen molar-refractivity contribution in [2.75, 3.05) is 18.0 Å². The van der Waals surface area contributed by atoms with E-state index in [0.717, 1.165) is 24.2 Å². The fraction of sp³-hybridized carbons (Fsp3) is 0.400. The normalized spacial score (nSPS) is 21.2. The number of carbonyl (C=O) groups excluding carboxylic acids is 1. The molecule has 1 heterocycles. The monoisotopic (exact) mass is 424 g/mol. The van der Waals surface area contributed by atoms with Crippen LogP contribution in [0.1, 0.15) is 37.7 Å². The van der Waals surface area contributed by atoms with Crippen LogP contribution in [-0.4, -0.2) is 31.1 Å². The summed E-state index contributed by atoms with van der Waals surface area (Å²) in [6, 6.07) is 15.2. The third-order valence-electron chi connectivity index (χ3n) is 5.98. The first-order valence-corrected chi connectivity index (χ1v) is 11.2. The molecule has 1 fully saturated rings. The van der Waals surface area contributed by atoms with Crippen molar-refractivity contribution in [3.8, 4) is 5.75 Å². The van der Waals surface area contributed by atoms with Crippen LogP contribution in [0.2, 0.25) is 5.02 Å². The Morgan fingerprint density at radius 3 is 2.67 bits per heavy atom. The van der Waals surface area contributed by atoms with Gasteiger partial charge in [0.05, 0.1) is 6.04 Å². The Bertz CT molecular complexity index is 910. The minimum Gasteiger partial charge on any atom is -0.478 e. The molecule has 0 unspecified atom stereocenters. The van der Waals surface area contributed by atoms with Crippen LogP contribution in [0.4, 0.5) is 5.69 Å². The highest BCUT2D eigenvalue weighted by Crippen LogP contribution is 2.33. The van der Waals surface area contributed by atoms with Gasteiger partial charge in [-0.15, -0.1) is 0 Å². The van der Waals surface area contributed by atoms with Gasteiger partial charge in [-0.3, -0.25) is 4.79 Å². The van der Waals surface area contributed by atoms with E-state index in [0.29, 0.717) is 17.3 Å². The minimum atomic E-state index is -0.493. The molecule has 1 amide bonds. The average molecular weight is 425 g/mol. The number of nitrogens with zero attached hydrogens (tertiary/aromatic N) is 1. The van der Waals surface area contributed by atoms with Crippen LogP contribution < -0.4 is 15.0 Å². The van der Waals surface area contributed by atoms with Crippen LogP contribution >= 0.6 is 11.6 Å². The number of hydrogen-bond donors (Lipinski definition) is 1. The maximum Gasteiger partial charge on any atom is 0.270 e. The molecule has 0 spiro atoms. The van der Waals surface area contributed by atoms with Gasteiger partial charge >= 0.3 is 0 Å². The second kappa shape index (κ2) is 9.67. The topological polar surface area (TPSA) is 41.6 Å². The summed E-state index contributed by atoms with van der Waals surface area (Å²) in [5.41, 5.74) is 3.61. The van der Waals surface area contributed by atoms with Crippen LogP contribution in [0.15, 0.2) is 60.2 Å². The summed E-state index contributed by atoms with van der Waals surface area (Å²) < 4.78 is 6.07. The molecular weight excluding hydrogens is 396 g/mol. The van der Waals surface area contributed by atoms with E-state index in [1.165, 1.54) is 25.7 Å². The number of amides is 1. The lowest BCUT2D eigenvalue weighted by Crippen LogP contribution is -2.70. The van der Waals surface area contributed by atoms with Crippen molar-refractivity contribution in [3.63, 3.8) is 0 Å². The number of hydrogen-bond acceptors (Lipinski definition) is 3. The van der Waals surface area contributed by atoms with Gasteiger partial charge < -0.3 is 15.0 Å². The molecule has 0 aromatic heterocycles. The Labute approximate surface area is 183 Å². The Kier molecular flexibility index (Phi) is 6.76. The highest BCUT2D eigenvalue weighted by atomic mass is 35.5. The van der Waals surface area contributed by atoms with E-state index in [4.69, 9.17) is 16.3 Å². The van der Waals surface area contributed by atoms with E-state index < -0.39 is 6.10 Å². The Morgan fingerprint density at radius 1 is 1.13 bits per heavy atom. The number of para-hydroxylation sites is 1. The molecule has 1 aliphatic heterocycles. The highest BCUT2D eigenvalue weighted by molar-refractivity contribution is 6.30. The van der Waals surface area contributed by atoms with Crippen molar-refractivity contribution in [3.05, 3.63) is 70.8 Å². The van der Waals surface area contributed by atoms with Crippen molar-refractivity contribution in [1.29, 1.82) is 0 Å². The zero-order valence-electron chi connectivity index (χ0n) is 17.4. The molecule has 1 saturated heterocycles. The molecule has 4 nitrogen and oxygen atoms in total. The van der Waals surface area contributed by atoms with E-state index in [1.807, 2.05) is 48.2 Å². The van der Waals surface area contributed by atoms with Gasteiger partial charge in [-0.1, -0.05) is 41.4 Å². The van der Waals surface area contributed by atoms with Crippen molar-refractivity contribution >= 4 is 23.2 Å². The lowest BCUT2D eigenvalue weighted by atomic mass is 9.94. The van der Waals surface area contributed by atoms with Crippen molar-refractivity contribution < 1.29 is 9.53 Å². The van der Waals surface area contributed by atoms with Crippen LogP contribution in [0.3, 0.4) is 0 Å². The van der Waals surface area contributed by atoms with Crippen LogP contribution in [0.25, 0.3) is 0 Å². The first kappa shape index (κ1) is 21.0. The van der Waals surface area contributed by atoms with E-state index in [-0.39, 0.29) is 11.9 Å². The summed E-state index contributed by atoms with van der Waals surface area (Å²) >= 11 is 5.98. The predicted octanol–water partition coefficient (Wildman–Crippen LogP) is 5.29. The minimum absolute atomic E-state index is 0.000962. The second-order valence-electron chi connectivity index (χ2n) is 8.12. The molecule has 158 valence electrons. The zero-order valence-corrected chi connectivity index (χ0v) is 18.2. The van der Waals surface area contributed by atoms with Crippen molar-refractivity contribution in [2.24, 2.45) is 0 Å². The molecule has 2 aromatic carbocycles. The molecule has 30 heavy (non-hydrogen) atoms. The summed E-state index contributed by atoms with van der Waals surface area (Å²) in [7, 11) is 0. The zero-order chi connectivity index (χ0) is 20.9. The van der Waals surface area contributed by atoms with Crippen LogP contribution in [0.5, 0.6) is 5.75 Å². The number of ether oxygens (including phenoxy) is 1. The molecule has 0 radical (unpaired) electrons. The van der Waals surface area contributed by atoms with E-state index in [2.05, 4.69) is 11.4 Å². The number of β-lactam (4-membered cyclic amide) rings is 1. The van der Waals surface area contributed by atoms with E-state index in [9.17, 15) is 4.79 Å². The molecule has 4 rings (SSSR count). The molecule has 2 atom stereocenters. The van der Waals surface area contributed by atoms with Crippen molar-refractivity contribution in [2.45, 2.75) is 51.2 Å². The first-order chi connectivity index (χ1) is 14.6. The van der Waals surface area contributed by atoms with Crippen LogP contribution in [0, 0.1) is 6.92 Å². The van der Waals surface area contributed by atoms with E-state index >= 15 is 0 Å². The van der Waals surface area contributed by atoms with Gasteiger partial charge in [-0.2, -0.15) is 0 Å². The number of nitrogens with one attached hydrogen (secondary N) is 1. The SMILES string of the molecule is Cc1ccccc1N1C(=O)[C@H](Oc2ccc(Cl)cc2)[C@@H]1CNCCC1=CCCCC1. The molecule has 2 aromatic rings. The highest BCUT2D eigenvalue weighted by Gasteiger charge is 2.50. The maximum atomic E-state index is 13.0. The van der Waals surface area contributed by atoms with Gasteiger partial charge in [-0.25, -0.2) is 0 Å². The fourth-order valence-corrected chi connectivity index (χ4v) is 4.39. The number of allylic oxidation sites excluding steroid dienone is 1. The largest absolute Gasteiger partial charge is 0.478 e. The number of halogens is 1. The van der Waals surface area contributed by atoms with Gasteiger partial charge in [0.2, 0.25) is 0 Å². The van der Waals surface area contributed by atoms with Crippen LogP contribution in [-0.2, 0) is 4.79 Å². The number of carbonyl (C=O) groups is 1. The van der Waals surface area contributed by atoms with Crippen molar-refractivity contribution in [1.82, 2.24) is 5.32 Å². The summed E-state index contributed by atoms with van der Waals surface area (Å²) in [5.74, 6) is 0.667. The first-order valence-electron chi connectivity index (χ1n) is 10.8. The van der Waals surface area contributed by atoms with Gasteiger partial charge in [0.1, 0.15) is 5.75 Å². The van der Waals surface area contributed by atoms with Gasteiger partial charge in [0.15, 0.2) is 6.10 Å². The molecular formula is C25H29ClN2O2. The lowest BCUT2D eigenvalue weighted by molar-refractivity contribution is -0.134. The quantitative estimate of drug-likeness (QED) is 0.355. The smallest absolute Gasteiger partial charge is 0.270 e. The van der Waals surface area contributed by atoms with Gasteiger partial charge in [-0.05, 0) is 81.5 Å². The summed E-state index contributed by atoms with van der Waals surface area (Å²) in [4.78, 5) is 14.9. The Morgan fingerprint density at radius 2 is 1.93 bits per heavy atom.